The number of nitrogens with zero attached hydrogens (tertiary/aromatic N) is 2. The van der Waals surface area contributed by atoms with Gasteiger partial charge in [0.1, 0.15) is 0 Å². The molecule has 0 aliphatic carbocycles. The van der Waals surface area contributed by atoms with E-state index in [-0.39, 0.29) is 0 Å². The normalized spacial score (nSPS) is 33.5. The summed E-state index contributed by atoms with van der Waals surface area (Å²) in [5, 5.41) is 3.65. The molecule has 2 atom stereocenters. The molecule has 2 saturated heterocycles. The van der Waals surface area contributed by atoms with Gasteiger partial charge in [0.25, 0.3) is 0 Å². The first kappa shape index (κ1) is 13.3. The van der Waals surface area contributed by atoms with E-state index >= 15 is 0 Å². The van der Waals surface area contributed by atoms with E-state index < -0.39 is 0 Å². The van der Waals surface area contributed by atoms with Crippen molar-refractivity contribution >= 4 is 0 Å². The van der Waals surface area contributed by atoms with Crippen LogP contribution in [0, 0.1) is 0 Å². The summed E-state index contributed by atoms with van der Waals surface area (Å²) in [6.45, 7) is 8.58. The molecule has 0 aromatic carbocycles. The molecule has 0 aromatic rings. The predicted octanol–water partition coefficient (Wildman–Crippen LogP) is 1.54. The number of likely N-dealkylation sites (N-methyl/N-ethyl adjacent to an activating group) is 1. The summed E-state index contributed by atoms with van der Waals surface area (Å²) in [5.74, 6) is 0. The van der Waals surface area contributed by atoms with E-state index in [9.17, 15) is 0 Å². The minimum atomic E-state index is 0.754. The molecular weight excluding hydrogens is 210 g/mol. The Kier molecular flexibility index (Phi) is 5.26. The van der Waals surface area contributed by atoms with Crippen LogP contribution in [-0.2, 0) is 0 Å². The third-order valence-electron chi connectivity index (χ3n) is 4.54. The summed E-state index contributed by atoms with van der Waals surface area (Å²) >= 11 is 0. The maximum Gasteiger partial charge on any atom is 0.0220 e. The second-order valence-corrected chi connectivity index (χ2v) is 5.78. The number of hydrogen-bond acceptors (Lipinski definition) is 3. The highest BCUT2D eigenvalue weighted by Gasteiger charge is 2.23. The van der Waals surface area contributed by atoms with E-state index in [1.165, 1.54) is 64.8 Å². The molecule has 2 rings (SSSR count). The molecule has 3 nitrogen and oxygen atoms in total. The van der Waals surface area contributed by atoms with Crippen molar-refractivity contribution in [1.82, 2.24) is 15.1 Å². The van der Waals surface area contributed by atoms with Crippen LogP contribution in [0.5, 0.6) is 0 Å². The van der Waals surface area contributed by atoms with Gasteiger partial charge >= 0.3 is 0 Å². The Morgan fingerprint density at radius 1 is 1.12 bits per heavy atom. The van der Waals surface area contributed by atoms with Crippen LogP contribution in [0.2, 0.25) is 0 Å². The Morgan fingerprint density at radius 2 is 2.00 bits per heavy atom. The van der Waals surface area contributed by atoms with Gasteiger partial charge in [0, 0.05) is 31.7 Å². The molecule has 2 unspecified atom stereocenters. The van der Waals surface area contributed by atoms with Crippen molar-refractivity contribution in [3.8, 4) is 0 Å². The Hall–Kier alpha value is -0.120. The van der Waals surface area contributed by atoms with E-state index in [0.29, 0.717) is 0 Å². The number of hydrogen-bond donors (Lipinski definition) is 1. The van der Waals surface area contributed by atoms with Gasteiger partial charge in [-0.3, -0.25) is 0 Å². The monoisotopic (exact) mass is 239 g/mol. The van der Waals surface area contributed by atoms with Crippen LogP contribution in [0.4, 0.5) is 0 Å². The average molecular weight is 239 g/mol. The molecule has 2 aliphatic rings. The molecule has 100 valence electrons. The second kappa shape index (κ2) is 6.72. The van der Waals surface area contributed by atoms with Crippen LogP contribution >= 0.6 is 0 Å². The highest BCUT2D eigenvalue weighted by Crippen LogP contribution is 2.16. The lowest BCUT2D eigenvalue weighted by molar-refractivity contribution is 0.131. The van der Waals surface area contributed by atoms with Crippen LogP contribution < -0.4 is 5.32 Å². The first-order chi connectivity index (χ1) is 8.29. The zero-order chi connectivity index (χ0) is 12.1. The highest BCUT2D eigenvalue weighted by atomic mass is 15.2. The standard InChI is InChI=1S/C14H29N3/c1-3-13-7-10-17(11-8-15-13)12-14-6-4-5-9-16(14)2/h13-15H,3-12H2,1-2H3. The van der Waals surface area contributed by atoms with E-state index in [1.807, 2.05) is 0 Å². The Balaban J connectivity index is 1.77. The molecular formula is C14H29N3. The number of rotatable bonds is 3. The largest absolute Gasteiger partial charge is 0.313 e. The molecule has 0 amide bonds. The molecule has 3 heteroatoms. The maximum absolute atomic E-state index is 3.65. The van der Waals surface area contributed by atoms with E-state index in [2.05, 4.69) is 29.1 Å². The summed E-state index contributed by atoms with van der Waals surface area (Å²) in [6, 6.07) is 1.56. The molecule has 0 spiro atoms. The molecule has 0 bridgehead atoms. The molecule has 2 heterocycles. The molecule has 0 radical (unpaired) electrons. The van der Waals surface area contributed by atoms with Gasteiger partial charge in [-0.15, -0.1) is 0 Å². The van der Waals surface area contributed by atoms with Crippen LogP contribution in [0.15, 0.2) is 0 Å². The zero-order valence-electron chi connectivity index (χ0n) is 11.6. The van der Waals surface area contributed by atoms with Gasteiger partial charge in [0.15, 0.2) is 0 Å². The number of nitrogens with one attached hydrogen (secondary N) is 1. The summed E-state index contributed by atoms with van der Waals surface area (Å²) in [5.41, 5.74) is 0. The van der Waals surface area contributed by atoms with Crippen molar-refractivity contribution in [1.29, 1.82) is 0 Å². The van der Waals surface area contributed by atoms with Crippen molar-refractivity contribution in [2.24, 2.45) is 0 Å². The molecule has 1 N–H and O–H groups in total. The summed E-state index contributed by atoms with van der Waals surface area (Å²) < 4.78 is 0. The average Bonchev–Trinajstić information content (AvgIpc) is 2.57. The lowest BCUT2D eigenvalue weighted by Gasteiger charge is -2.36. The molecule has 2 aliphatic heterocycles. The summed E-state index contributed by atoms with van der Waals surface area (Å²) in [4.78, 5) is 5.24. The third-order valence-corrected chi connectivity index (χ3v) is 4.54. The van der Waals surface area contributed by atoms with Crippen molar-refractivity contribution < 1.29 is 0 Å². The van der Waals surface area contributed by atoms with Gasteiger partial charge in [0.2, 0.25) is 0 Å². The van der Waals surface area contributed by atoms with Crippen molar-refractivity contribution in [3.63, 3.8) is 0 Å². The number of likely N-dealkylation sites (tertiary alicyclic amines) is 1. The second-order valence-electron chi connectivity index (χ2n) is 5.78. The van der Waals surface area contributed by atoms with Gasteiger partial charge < -0.3 is 15.1 Å². The van der Waals surface area contributed by atoms with Crippen molar-refractivity contribution in [2.75, 3.05) is 39.8 Å². The van der Waals surface area contributed by atoms with Gasteiger partial charge in [-0.25, -0.2) is 0 Å². The van der Waals surface area contributed by atoms with E-state index in [0.717, 1.165) is 12.1 Å². The SMILES string of the molecule is CCC1CCN(CC2CCCCN2C)CCN1. The minimum absolute atomic E-state index is 0.754. The quantitative estimate of drug-likeness (QED) is 0.806. The fourth-order valence-electron chi connectivity index (χ4n) is 3.18. The van der Waals surface area contributed by atoms with E-state index in [1.54, 1.807) is 0 Å². The smallest absolute Gasteiger partial charge is 0.0220 e. The first-order valence-electron chi connectivity index (χ1n) is 7.45. The summed E-state index contributed by atoms with van der Waals surface area (Å²) in [7, 11) is 2.30. The van der Waals surface area contributed by atoms with E-state index in [4.69, 9.17) is 0 Å². The third kappa shape index (κ3) is 3.94. The number of piperidine rings is 1. The Labute approximate surface area is 107 Å². The van der Waals surface area contributed by atoms with Crippen LogP contribution in [0.3, 0.4) is 0 Å². The first-order valence-corrected chi connectivity index (χ1v) is 7.45. The van der Waals surface area contributed by atoms with Crippen LogP contribution in [-0.4, -0.2) is 61.7 Å². The Morgan fingerprint density at radius 3 is 2.76 bits per heavy atom. The Bertz CT molecular complexity index is 220. The fourth-order valence-corrected chi connectivity index (χ4v) is 3.18. The van der Waals surface area contributed by atoms with Crippen molar-refractivity contribution in [2.45, 2.75) is 51.1 Å². The lowest BCUT2D eigenvalue weighted by Crippen LogP contribution is -2.45. The molecule has 0 saturated carbocycles. The zero-order valence-corrected chi connectivity index (χ0v) is 11.6. The lowest BCUT2D eigenvalue weighted by atomic mass is 10.0. The van der Waals surface area contributed by atoms with Gasteiger partial charge in [-0.2, -0.15) is 0 Å². The molecule has 2 fully saturated rings. The summed E-state index contributed by atoms with van der Waals surface area (Å²) in [6.07, 6.45) is 6.83. The highest BCUT2D eigenvalue weighted by molar-refractivity contribution is 4.81. The van der Waals surface area contributed by atoms with Crippen LogP contribution in [0.1, 0.15) is 39.0 Å². The predicted molar refractivity (Wildman–Crippen MR) is 73.4 cm³/mol. The van der Waals surface area contributed by atoms with Gasteiger partial charge in [0.05, 0.1) is 0 Å². The minimum Gasteiger partial charge on any atom is -0.313 e. The fraction of sp³-hybridized carbons (Fsp3) is 1.00. The topological polar surface area (TPSA) is 18.5 Å². The molecule has 0 aromatic heterocycles. The van der Waals surface area contributed by atoms with Crippen molar-refractivity contribution in [3.05, 3.63) is 0 Å². The van der Waals surface area contributed by atoms with Gasteiger partial charge in [-0.1, -0.05) is 13.3 Å². The van der Waals surface area contributed by atoms with Crippen LogP contribution in [0.25, 0.3) is 0 Å². The molecule has 17 heavy (non-hydrogen) atoms. The maximum atomic E-state index is 3.65. The van der Waals surface area contributed by atoms with Gasteiger partial charge in [-0.05, 0) is 45.8 Å².